The van der Waals surface area contributed by atoms with E-state index in [0.29, 0.717) is 12.8 Å². The second-order valence-electron chi connectivity index (χ2n) is 5.10. The van der Waals surface area contributed by atoms with E-state index in [1.807, 2.05) is 42.5 Å². The van der Waals surface area contributed by atoms with E-state index in [0.717, 1.165) is 16.3 Å². The van der Waals surface area contributed by atoms with E-state index in [2.05, 4.69) is 10.6 Å². The lowest BCUT2D eigenvalue weighted by molar-refractivity contribution is -0.128. The predicted octanol–water partition coefficient (Wildman–Crippen LogP) is 1.31. The fourth-order valence-corrected chi connectivity index (χ4v) is 2.33. The second-order valence-corrected chi connectivity index (χ2v) is 5.10. The van der Waals surface area contributed by atoms with Crippen LogP contribution < -0.4 is 16.4 Å². The van der Waals surface area contributed by atoms with Gasteiger partial charge in [0.15, 0.2) is 0 Å². The Morgan fingerprint density at radius 2 is 1.86 bits per heavy atom. The summed E-state index contributed by atoms with van der Waals surface area (Å²) in [5.74, 6) is -0.421. The molecule has 2 amide bonds. The minimum atomic E-state index is -0.614. The van der Waals surface area contributed by atoms with E-state index < -0.39 is 6.04 Å². The highest BCUT2D eigenvalue weighted by atomic mass is 16.2. The molecule has 0 aliphatic carbocycles. The number of amides is 2. The standard InChI is InChI=1S/C17H21N3O2/c1-2-16(21)20-15(17(22)19-11-18)10-12-7-8-13-5-3-4-6-14(13)9-12/h3-9,15H,2,10-11,18H2,1H3,(H,19,22)(H,20,21). The molecule has 0 radical (unpaired) electrons. The molecule has 0 heterocycles. The van der Waals surface area contributed by atoms with Crippen molar-refractivity contribution in [2.75, 3.05) is 6.67 Å². The highest BCUT2D eigenvalue weighted by Gasteiger charge is 2.20. The lowest BCUT2D eigenvalue weighted by Crippen LogP contribution is -2.49. The number of carbonyl (C=O) groups excluding carboxylic acids is 2. The van der Waals surface area contributed by atoms with E-state index >= 15 is 0 Å². The lowest BCUT2D eigenvalue weighted by Gasteiger charge is -2.18. The van der Waals surface area contributed by atoms with Gasteiger partial charge in [-0.05, 0) is 16.3 Å². The van der Waals surface area contributed by atoms with Gasteiger partial charge in [-0.1, -0.05) is 49.4 Å². The highest BCUT2D eigenvalue weighted by Crippen LogP contribution is 2.16. The summed E-state index contributed by atoms with van der Waals surface area (Å²) in [6.07, 6.45) is 0.770. The maximum Gasteiger partial charge on any atom is 0.243 e. The number of fused-ring (bicyclic) bond motifs is 1. The van der Waals surface area contributed by atoms with Gasteiger partial charge in [0.25, 0.3) is 0 Å². The van der Waals surface area contributed by atoms with Crippen molar-refractivity contribution in [1.82, 2.24) is 10.6 Å². The number of nitrogens with two attached hydrogens (primary N) is 1. The number of hydrogen-bond acceptors (Lipinski definition) is 3. The number of carbonyl (C=O) groups is 2. The van der Waals surface area contributed by atoms with Crippen molar-refractivity contribution in [1.29, 1.82) is 0 Å². The van der Waals surface area contributed by atoms with Crippen molar-refractivity contribution >= 4 is 22.6 Å². The van der Waals surface area contributed by atoms with Crippen molar-refractivity contribution in [3.05, 3.63) is 48.0 Å². The molecule has 2 aromatic rings. The zero-order valence-electron chi connectivity index (χ0n) is 12.6. The van der Waals surface area contributed by atoms with Crippen LogP contribution in [0, 0.1) is 0 Å². The Balaban J connectivity index is 2.19. The van der Waals surface area contributed by atoms with Gasteiger partial charge in [-0.3, -0.25) is 9.59 Å². The van der Waals surface area contributed by atoms with Gasteiger partial charge in [0.05, 0.1) is 6.67 Å². The molecule has 5 heteroatoms. The predicted molar refractivity (Wildman–Crippen MR) is 87.1 cm³/mol. The molecule has 116 valence electrons. The monoisotopic (exact) mass is 299 g/mol. The number of benzene rings is 2. The average molecular weight is 299 g/mol. The molecule has 0 aliphatic rings. The summed E-state index contributed by atoms with van der Waals surface area (Å²) in [5.41, 5.74) is 6.35. The van der Waals surface area contributed by atoms with Gasteiger partial charge in [0.2, 0.25) is 11.8 Å². The molecule has 0 fully saturated rings. The van der Waals surface area contributed by atoms with Crippen molar-refractivity contribution in [3.63, 3.8) is 0 Å². The molecule has 0 bridgehead atoms. The smallest absolute Gasteiger partial charge is 0.243 e. The topological polar surface area (TPSA) is 84.2 Å². The second kappa shape index (κ2) is 7.56. The molecule has 0 aromatic heterocycles. The average Bonchev–Trinajstić information content (AvgIpc) is 2.54. The van der Waals surface area contributed by atoms with E-state index in [4.69, 9.17) is 5.73 Å². The Hall–Kier alpha value is -2.40. The first-order chi connectivity index (χ1) is 10.6. The van der Waals surface area contributed by atoms with Crippen molar-refractivity contribution in [3.8, 4) is 0 Å². The van der Waals surface area contributed by atoms with E-state index in [-0.39, 0.29) is 18.5 Å². The highest BCUT2D eigenvalue weighted by molar-refractivity contribution is 5.88. The van der Waals surface area contributed by atoms with Crippen LogP contribution in [0.1, 0.15) is 18.9 Å². The van der Waals surface area contributed by atoms with Gasteiger partial charge in [-0.2, -0.15) is 0 Å². The first kappa shape index (κ1) is 16.0. The van der Waals surface area contributed by atoms with Crippen LogP contribution >= 0.6 is 0 Å². The fraction of sp³-hybridized carbons (Fsp3) is 0.294. The maximum absolute atomic E-state index is 12.1. The number of nitrogens with one attached hydrogen (secondary N) is 2. The molecule has 1 unspecified atom stereocenters. The normalized spacial score (nSPS) is 11.9. The molecular weight excluding hydrogens is 278 g/mol. The Kier molecular flexibility index (Phi) is 5.49. The molecule has 0 spiro atoms. The van der Waals surface area contributed by atoms with E-state index in [1.165, 1.54) is 0 Å². The molecule has 22 heavy (non-hydrogen) atoms. The summed E-state index contributed by atoms with van der Waals surface area (Å²) >= 11 is 0. The van der Waals surface area contributed by atoms with Crippen LogP contribution in [-0.4, -0.2) is 24.5 Å². The Bertz CT molecular complexity index is 670. The largest absolute Gasteiger partial charge is 0.344 e. The summed E-state index contributed by atoms with van der Waals surface area (Å²) in [4.78, 5) is 23.7. The Morgan fingerprint density at radius 1 is 1.14 bits per heavy atom. The third-order valence-electron chi connectivity index (χ3n) is 3.50. The Labute approximate surface area is 129 Å². The van der Waals surface area contributed by atoms with Crippen LogP contribution in [0.25, 0.3) is 10.8 Å². The first-order valence-corrected chi connectivity index (χ1v) is 7.39. The van der Waals surface area contributed by atoms with Gasteiger partial charge in [0, 0.05) is 12.8 Å². The quantitative estimate of drug-likeness (QED) is 0.703. The van der Waals surface area contributed by atoms with Crippen LogP contribution in [0.2, 0.25) is 0 Å². The maximum atomic E-state index is 12.1. The molecule has 5 nitrogen and oxygen atoms in total. The summed E-state index contributed by atoms with van der Waals surface area (Å²) < 4.78 is 0. The summed E-state index contributed by atoms with van der Waals surface area (Å²) in [6, 6.07) is 13.4. The van der Waals surface area contributed by atoms with Crippen molar-refractivity contribution < 1.29 is 9.59 Å². The fourth-order valence-electron chi connectivity index (χ4n) is 2.33. The van der Waals surface area contributed by atoms with Crippen molar-refractivity contribution in [2.24, 2.45) is 5.73 Å². The third kappa shape index (κ3) is 4.05. The number of rotatable bonds is 6. The molecular formula is C17H21N3O2. The summed E-state index contributed by atoms with van der Waals surface area (Å²) in [6.45, 7) is 1.80. The van der Waals surface area contributed by atoms with Crippen LogP contribution in [-0.2, 0) is 16.0 Å². The van der Waals surface area contributed by atoms with Crippen LogP contribution in [0.3, 0.4) is 0 Å². The van der Waals surface area contributed by atoms with Gasteiger partial charge in [0.1, 0.15) is 6.04 Å². The zero-order chi connectivity index (χ0) is 15.9. The van der Waals surface area contributed by atoms with E-state index in [1.54, 1.807) is 6.92 Å². The lowest BCUT2D eigenvalue weighted by atomic mass is 10.0. The zero-order valence-corrected chi connectivity index (χ0v) is 12.6. The van der Waals surface area contributed by atoms with Gasteiger partial charge < -0.3 is 16.4 Å². The van der Waals surface area contributed by atoms with Crippen LogP contribution in [0.15, 0.2) is 42.5 Å². The molecule has 4 N–H and O–H groups in total. The minimum absolute atomic E-state index is 0.0506. The number of hydrogen-bond donors (Lipinski definition) is 3. The van der Waals surface area contributed by atoms with Gasteiger partial charge in [-0.15, -0.1) is 0 Å². The summed E-state index contributed by atoms with van der Waals surface area (Å²) in [5, 5.41) is 7.55. The molecule has 2 rings (SSSR count). The Morgan fingerprint density at radius 3 is 2.55 bits per heavy atom. The van der Waals surface area contributed by atoms with Crippen LogP contribution in [0.5, 0.6) is 0 Å². The molecule has 0 aliphatic heterocycles. The summed E-state index contributed by atoms with van der Waals surface area (Å²) in [7, 11) is 0. The van der Waals surface area contributed by atoms with Crippen molar-refractivity contribution in [2.45, 2.75) is 25.8 Å². The van der Waals surface area contributed by atoms with Crippen LogP contribution in [0.4, 0.5) is 0 Å². The van der Waals surface area contributed by atoms with E-state index in [9.17, 15) is 9.59 Å². The minimum Gasteiger partial charge on any atom is -0.344 e. The molecule has 0 saturated carbocycles. The first-order valence-electron chi connectivity index (χ1n) is 7.39. The van der Waals surface area contributed by atoms with Gasteiger partial charge >= 0.3 is 0 Å². The third-order valence-corrected chi connectivity index (χ3v) is 3.50. The van der Waals surface area contributed by atoms with Gasteiger partial charge in [-0.25, -0.2) is 0 Å². The molecule has 1 atom stereocenters. The molecule has 0 saturated heterocycles. The molecule has 2 aromatic carbocycles. The SMILES string of the molecule is CCC(=O)NC(Cc1ccc2ccccc2c1)C(=O)NCN.